The number of hydrogen-bond donors (Lipinski definition) is 3. The van der Waals surface area contributed by atoms with E-state index in [0.717, 1.165) is 24.3 Å². The number of halogens is 1. The smallest absolute Gasteiger partial charge is 0.261 e. The fourth-order valence-electron chi connectivity index (χ4n) is 1.53. The number of carbonyl (C=O) groups is 2. The van der Waals surface area contributed by atoms with E-state index >= 15 is 0 Å². The summed E-state index contributed by atoms with van der Waals surface area (Å²) in [4.78, 5) is 23.7. The summed E-state index contributed by atoms with van der Waals surface area (Å²) in [6.07, 6.45) is 2.13. The average molecular weight is 320 g/mol. The van der Waals surface area contributed by atoms with Crippen LogP contribution < -0.4 is 16.0 Å². The Kier molecular flexibility index (Phi) is 11.0. The predicted molar refractivity (Wildman–Crippen MR) is 84.7 cm³/mol. The van der Waals surface area contributed by atoms with Gasteiger partial charge in [-0.1, -0.05) is 6.07 Å². The van der Waals surface area contributed by atoms with E-state index in [-0.39, 0.29) is 24.2 Å². The maximum Gasteiger partial charge on any atom is 0.261 e. The molecular weight excluding hydrogens is 298 g/mol. The van der Waals surface area contributed by atoms with Crippen molar-refractivity contribution in [2.24, 2.45) is 0 Å². The van der Waals surface area contributed by atoms with Gasteiger partial charge >= 0.3 is 0 Å². The number of thiophene rings is 1. The molecule has 3 N–H and O–H groups in total. The Balaban J connectivity index is 0.00000361. The molecule has 1 rings (SSSR count). The van der Waals surface area contributed by atoms with Gasteiger partial charge in [0.2, 0.25) is 5.91 Å². The molecule has 5 nitrogen and oxygen atoms in total. The first kappa shape index (κ1) is 18.9. The first-order valence-electron chi connectivity index (χ1n) is 6.47. The number of carbonyl (C=O) groups excluding carboxylic acids is 2. The first-order chi connectivity index (χ1) is 9.24. The Labute approximate surface area is 129 Å². The fourth-order valence-corrected chi connectivity index (χ4v) is 2.17. The second-order valence-electron chi connectivity index (χ2n) is 4.14. The van der Waals surface area contributed by atoms with Crippen LogP contribution in [0.15, 0.2) is 17.5 Å². The minimum Gasteiger partial charge on any atom is -0.356 e. The van der Waals surface area contributed by atoms with Gasteiger partial charge in [-0.3, -0.25) is 9.59 Å². The highest BCUT2D eigenvalue weighted by molar-refractivity contribution is 7.12. The maximum absolute atomic E-state index is 11.6. The van der Waals surface area contributed by atoms with Gasteiger partial charge in [-0.2, -0.15) is 0 Å². The van der Waals surface area contributed by atoms with Crippen LogP contribution in [-0.4, -0.2) is 38.5 Å². The molecule has 7 heteroatoms. The molecule has 0 saturated heterocycles. The van der Waals surface area contributed by atoms with Crippen LogP contribution >= 0.6 is 23.7 Å². The van der Waals surface area contributed by atoms with E-state index in [9.17, 15) is 9.59 Å². The van der Waals surface area contributed by atoms with Gasteiger partial charge in [-0.15, -0.1) is 23.7 Å². The number of nitrogens with one attached hydrogen (secondary N) is 3. The van der Waals surface area contributed by atoms with Crippen LogP contribution in [0.25, 0.3) is 0 Å². The molecule has 0 aromatic carbocycles. The third kappa shape index (κ3) is 8.14. The Morgan fingerprint density at radius 2 is 1.90 bits per heavy atom. The lowest BCUT2D eigenvalue weighted by Crippen LogP contribution is -2.29. The summed E-state index contributed by atoms with van der Waals surface area (Å²) in [5.41, 5.74) is 0. The van der Waals surface area contributed by atoms with Crippen molar-refractivity contribution in [2.45, 2.75) is 19.3 Å². The van der Waals surface area contributed by atoms with Gasteiger partial charge in [0.25, 0.3) is 5.91 Å². The standard InChI is InChI=1S/C13H21N3O2S.ClH/c1-14-7-2-6-12(17)15-8-4-9-16-13(18)11-5-3-10-19-11;/h3,5,10,14H,2,4,6-9H2,1H3,(H,15,17)(H,16,18);1H. The second-order valence-corrected chi connectivity index (χ2v) is 5.09. The summed E-state index contributed by atoms with van der Waals surface area (Å²) >= 11 is 1.42. The van der Waals surface area contributed by atoms with Crippen molar-refractivity contribution in [2.75, 3.05) is 26.7 Å². The Bertz CT molecular complexity index is 385. The lowest BCUT2D eigenvalue weighted by Gasteiger charge is -2.06. The molecule has 1 heterocycles. The number of amides is 2. The highest BCUT2D eigenvalue weighted by Crippen LogP contribution is 2.07. The van der Waals surface area contributed by atoms with Crippen LogP contribution in [0, 0.1) is 0 Å². The third-order valence-electron chi connectivity index (χ3n) is 2.54. The number of rotatable bonds is 9. The summed E-state index contributed by atoms with van der Waals surface area (Å²) in [5.74, 6) is 0.0233. The van der Waals surface area contributed by atoms with Crippen molar-refractivity contribution in [1.82, 2.24) is 16.0 Å². The van der Waals surface area contributed by atoms with E-state index < -0.39 is 0 Å². The molecule has 0 aliphatic heterocycles. The Morgan fingerprint density at radius 1 is 1.15 bits per heavy atom. The molecular formula is C13H22ClN3O2S. The molecule has 0 aliphatic rings. The molecule has 0 spiro atoms. The lowest BCUT2D eigenvalue weighted by molar-refractivity contribution is -0.121. The van der Waals surface area contributed by atoms with E-state index in [1.807, 2.05) is 18.5 Å². The van der Waals surface area contributed by atoms with E-state index in [0.29, 0.717) is 19.5 Å². The van der Waals surface area contributed by atoms with Crippen LogP contribution in [0.1, 0.15) is 28.9 Å². The normalized spacial score (nSPS) is 9.65. The predicted octanol–water partition coefficient (Wildman–Crippen LogP) is 1.41. The first-order valence-corrected chi connectivity index (χ1v) is 7.35. The van der Waals surface area contributed by atoms with Crippen molar-refractivity contribution in [3.63, 3.8) is 0 Å². The van der Waals surface area contributed by atoms with E-state index in [1.54, 1.807) is 6.07 Å². The van der Waals surface area contributed by atoms with Crippen LogP contribution in [-0.2, 0) is 4.79 Å². The molecule has 0 fully saturated rings. The number of hydrogen-bond acceptors (Lipinski definition) is 4. The van der Waals surface area contributed by atoms with Crippen molar-refractivity contribution in [3.8, 4) is 0 Å². The largest absolute Gasteiger partial charge is 0.356 e. The quantitative estimate of drug-likeness (QED) is 0.603. The van der Waals surface area contributed by atoms with Crippen LogP contribution in [0.5, 0.6) is 0 Å². The van der Waals surface area contributed by atoms with Gasteiger partial charge in [0.15, 0.2) is 0 Å². The molecule has 0 atom stereocenters. The lowest BCUT2D eigenvalue weighted by atomic mass is 10.3. The fraction of sp³-hybridized carbons (Fsp3) is 0.538. The highest BCUT2D eigenvalue weighted by Gasteiger charge is 2.05. The zero-order valence-electron chi connectivity index (χ0n) is 11.6. The van der Waals surface area contributed by atoms with Crippen LogP contribution in [0.3, 0.4) is 0 Å². The molecule has 0 saturated carbocycles. The molecule has 0 radical (unpaired) electrons. The van der Waals surface area contributed by atoms with Gasteiger partial charge in [0.1, 0.15) is 0 Å². The summed E-state index contributed by atoms with van der Waals surface area (Å²) in [7, 11) is 1.87. The van der Waals surface area contributed by atoms with Crippen LogP contribution in [0.4, 0.5) is 0 Å². The molecule has 2 amide bonds. The zero-order chi connectivity index (χ0) is 13.9. The molecule has 0 unspecified atom stereocenters. The van der Waals surface area contributed by atoms with Gasteiger partial charge in [-0.25, -0.2) is 0 Å². The van der Waals surface area contributed by atoms with Gasteiger partial charge in [0.05, 0.1) is 4.88 Å². The molecule has 20 heavy (non-hydrogen) atoms. The summed E-state index contributed by atoms with van der Waals surface area (Å²) in [6, 6.07) is 3.65. The maximum atomic E-state index is 11.6. The Hall–Kier alpha value is -1.11. The molecule has 0 bridgehead atoms. The average Bonchev–Trinajstić information content (AvgIpc) is 2.92. The van der Waals surface area contributed by atoms with E-state index in [2.05, 4.69) is 16.0 Å². The van der Waals surface area contributed by atoms with E-state index in [4.69, 9.17) is 0 Å². The van der Waals surface area contributed by atoms with Gasteiger partial charge in [0, 0.05) is 19.5 Å². The molecule has 0 aliphatic carbocycles. The molecule has 1 aromatic heterocycles. The topological polar surface area (TPSA) is 70.2 Å². The monoisotopic (exact) mass is 319 g/mol. The van der Waals surface area contributed by atoms with Crippen molar-refractivity contribution in [1.29, 1.82) is 0 Å². The van der Waals surface area contributed by atoms with Crippen molar-refractivity contribution >= 4 is 35.6 Å². The minimum atomic E-state index is -0.0460. The second kappa shape index (κ2) is 11.7. The zero-order valence-corrected chi connectivity index (χ0v) is 13.2. The Morgan fingerprint density at radius 3 is 2.55 bits per heavy atom. The van der Waals surface area contributed by atoms with Crippen molar-refractivity contribution in [3.05, 3.63) is 22.4 Å². The summed E-state index contributed by atoms with van der Waals surface area (Å²) in [5, 5.41) is 10.5. The van der Waals surface area contributed by atoms with Gasteiger partial charge in [-0.05, 0) is 37.9 Å². The molecule has 1 aromatic rings. The van der Waals surface area contributed by atoms with Gasteiger partial charge < -0.3 is 16.0 Å². The summed E-state index contributed by atoms with van der Waals surface area (Å²) < 4.78 is 0. The SMILES string of the molecule is CNCCCC(=O)NCCCNC(=O)c1cccs1.Cl. The minimum absolute atomic E-state index is 0. The third-order valence-corrected chi connectivity index (χ3v) is 3.41. The summed E-state index contributed by atoms with van der Waals surface area (Å²) in [6.45, 7) is 2.03. The highest BCUT2D eigenvalue weighted by atomic mass is 35.5. The van der Waals surface area contributed by atoms with Crippen LogP contribution in [0.2, 0.25) is 0 Å². The van der Waals surface area contributed by atoms with E-state index in [1.165, 1.54) is 11.3 Å². The van der Waals surface area contributed by atoms with Crippen molar-refractivity contribution < 1.29 is 9.59 Å². The molecule has 114 valence electrons.